The van der Waals surface area contributed by atoms with E-state index in [-0.39, 0.29) is 11.9 Å². The summed E-state index contributed by atoms with van der Waals surface area (Å²) < 4.78 is 10.6. The molecule has 4 nitrogen and oxygen atoms in total. The van der Waals surface area contributed by atoms with Crippen LogP contribution in [-0.2, 0) is 19.1 Å². The Morgan fingerprint density at radius 1 is 0.385 bits per heavy atom. The van der Waals surface area contributed by atoms with Gasteiger partial charge in [0.25, 0.3) is 0 Å². The molecule has 0 saturated heterocycles. The van der Waals surface area contributed by atoms with E-state index < -0.39 is 0 Å². The highest BCUT2D eigenvalue weighted by atomic mass is 16.5. The molecule has 0 amide bonds. The summed E-state index contributed by atoms with van der Waals surface area (Å²) in [7, 11) is 0. The number of hydrogen-bond acceptors (Lipinski definition) is 4. The first kappa shape index (κ1) is 37.9. The fourth-order valence-corrected chi connectivity index (χ4v) is 5.03. The summed E-state index contributed by atoms with van der Waals surface area (Å²) >= 11 is 0. The molecule has 0 aromatic carbocycles. The molecule has 0 fully saturated rings. The molecule has 0 radical (unpaired) electrons. The lowest BCUT2D eigenvalue weighted by atomic mass is 10.0. The van der Waals surface area contributed by atoms with E-state index in [0.717, 1.165) is 37.5 Å². The number of unbranched alkanes of at least 4 members (excludes halogenated alkanes) is 18. The second-order valence-corrected chi connectivity index (χ2v) is 12.7. The molecule has 0 heterocycles. The second kappa shape index (κ2) is 29.9. The lowest BCUT2D eigenvalue weighted by molar-refractivity contribution is -0.145. The Kier molecular flexibility index (Phi) is 29.1. The van der Waals surface area contributed by atoms with Crippen LogP contribution in [0.3, 0.4) is 0 Å². The average molecular weight is 553 g/mol. The topological polar surface area (TPSA) is 52.6 Å². The molecule has 0 aliphatic heterocycles. The van der Waals surface area contributed by atoms with Gasteiger partial charge in [0.15, 0.2) is 0 Å². The van der Waals surface area contributed by atoms with Gasteiger partial charge in [0.1, 0.15) is 0 Å². The Morgan fingerprint density at radius 2 is 0.641 bits per heavy atom. The molecule has 0 N–H and O–H groups in total. The van der Waals surface area contributed by atoms with Crippen LogP contribution >= 0.6 is 0 Å². The Balaban J connectivity index is 3.29. The Morgan fingerprint density at radius 3 is 0.923 bits per heavy atom. The fraction of sp³-hybridized carbons (Fsp3) is 0.943. The summed E-state index contributed by atoms with van der Waals surface area (Å²) in [4.78, 5) is 23.7. The lowest BCUT2D eigenvalue weighted by Gasteiger charge is -2.07. The summed E-state index contributed by atoms with van der Waals surface area (Å²) in [6.07, 6.45) is 29.6. The number of hydrogen-bond donors (Lipinski definition) is 0. The first-order valence-corrected chi connectivity index (χ1v) is 17.2. The molecule has 0 unspecified atom stereocenters. The summed E-state index contributed by atoms with van der Waals surface area (Å²) in [6.45, 7) is 10.2. The molecule has 39 heavy (non-hydrogen) atoms. The number of carbonyl (C=O) groups is 2. The van der Waals surface area contributed by atoms with Gasteiger partial charge in [-0.1, -0.05) is 156 Å². The molecule has 0 saturated carbocycles. The summed E-state index contributed by atoms with van der Waals surface area (Å²) in [5.41, 5.74) is 0. The Hall–Kier alpha value is -1.06. The molecule has 0 spiro atoms. The highest BCUT2D eigenvalue weighted by molar-refractivity contribution is 5.72. The van der Waals surface area contributed by atoms with E-state index in [4.69, 9.17) is 9.47 Å². The summed E-state index contributed by atoms with van der Waals surface area (Å²) in [6, 6.07) is 0. The Labute approximate surface area is 244 Å². The van der Waals surface area contributed by atoms with Crippen molar-refractivity contribution in [2.45, 2.75) is 188 Å². The van der Waals surface area contributed by atoms with Gasteiger partial charge in [-0.3, -0.25) is 9.59 Å². The predicted molar refractivity (Wildman–Crippen MR) is 167 cm³/mol. The third-order valence-corrected chi connectivity index (χ3v) is 7.64. The van der Waals surface area contributed by atoms with E-state index in [2.05, 4.69) is 27.7 Å². The van der Waals surface area contributed by atoms with Crippen LogP contribution in [0.2, 0.25) is 0 Å². The average Bonchev–Trinajstić information content (AvgIpc) is 2.89. The second-order valence-electron chi connectivity index (χ2n) is 12.7. The summed E-state index contributed by atoms with van der Waals surface area (Å²) in [5.74, 6) is 1.32. The van der Waals surface area contributed by atoms with Crippen LogP contribution in [-0.4, -0.2) is 25.2 Å². The third kappa shape index (κ3) is 33.0. The molecule has 232 valence electrons. The molecule has 0 aromatic heterocycles. The zero-order valence-electron chi connectivity index (χ0n) is 26.9. The fourth-order valence-electron chi connectivity index (χ4n) is 5.03. The monoisotopic (exact) mass is 553 g/mol. The van der Waals surface area contributed by atoms with Gasteiger partial charge < -0.3 is 9.47 Å². The van der Waals surface area contributed by atoms with E-state index >= 15 is 0 Å². The third-order valence-electron chi connectivity index (χ3n) is 7.64. The number of ether oxygens (including phenoxy) is 2. The van der Waals surface area contributed by atoms with Gasteiger partial charge >= 0.3 is 11.9 Å². The lowest BCUT2D eigenvalue weighted by Crippen LogP contribution is -2.09. The normalized spacial score (nSPS) is 11.4. The van der Waals surface area contributed by atoms with Gasteiger partial charge in [0.05, 0.1) is 13.2 Å². The maximum absolute atomic E-state index is 11.9. The number of rotatable bonds is 30. The quantitative estimate of drug-likeness (QED) is 0.0656. The standard InChI is InChI=1S/C35H68O4/c1-32(2)26-21-17-13-9-5-7-11-15-19-23-30-38-34(36)28-25-29-35(37)39-31-24-20-16-12-8-6-10-14-18-22-27-33(3)4/h32-33H,5-31H2,1-4H3. The maximum Gasteiger partial charge on any atom is 0.305 e. The first-order valence-electron chi connectivity index (χ1n) is 17.2. The van der Waals surface area contributed by atoms with Crippen molar-refractivity contribution in [3.63, 3.8) is 0 Å². The number of carbonyl (C=O) groups excluding carboxylic acids is 2. The van der Waals surface area contributed by atoms with Crippen LogP contribution in [0.5, 0.6) is 0 Å². The van der Waals surface area contributed by atoms with Crippen molar-refractivity contribution in [3.8, 4) is 0 Å². The van der Waals surface area contributed by atoms with Crippen molar-refractivity contribution in [2.75, 3.05) is 13.2 Å². The minimum absolute atomic E-state index is 0.184. The molecular weight excluding hydrogens is 484 g/mol. The van der Waals surface area contributed by atoms with Crippen LogP contribution in [0.15, 0.2) is 0 Å². The minimum atomic E-state index is -0.184. The van der Waals surface area contributed by atoms with Crippen LogP contribution < -0.4 is 0 Å². The van der Waals surface area contributed by atoms with E-state index in [1.54, 1.807) is 0 Å². The van der Waals surface area contributed by atoms with Crippen molar-refractivity contribution in [3.05, 3.63) is 0 Å². The van der Waals surface area contributed by atoms with Crippen molar-refractivity contribution in [1.29, 1.82) is 0 Å². The molecular formula is C35H68O4. The largest absolute Gasteiger partial charge is 0.466 e. The van der Waals surface area contributed by atoms with Crippen molar-refractivity contribution in [2.24, 2.45) is 11.8 Å². The zero-order valence-corrected chi connectivity index (χ0v) is 26.9. The van der Waals surface area contributed by atoms with Gasteiger partial charge in [-0.25, -0.2) is 0 Å². The maximum atomic E-state index is 11.9. The van der Waals surface area contributed by atoms with Crippen LogP contribution in [0.25, 0.3) is 0 Å². The summed E-state index contributed by atoms with van der Waals surface area (Å²) in [5, 5.41) is 0. The molecule has 0 bridgehead atoms. The molecule has 0 atom stereocenters. The molecule has 0 aromatic rings. The van der Waals surface area contributed by atoms with E-state index in [1.165, 1.54) is 116 Å². The zero-order chi connectivity index (χ0) is 28.8. The van der Waals surface area contributed by atoms with Gasteiger partial charge in [0, 0.05) is 12.8 Å². The van der Waals surface area contributed by atoms with Gasteiger partial charge in [-0.05, 0) is 31.1 Å². The van der Waals surface area contributed by atoms with Gasteiger partial charge in [-0.2, -0.15) is 0 Å². The molecule has 4 heteroatoms. The van der Waals surface area contributed by atoms with E-state index in [1.807, 2.05) is 0 Å². The van der Waals surface area contributed by atoms with Crippen LogP contribution in [0.4, 0.5) is 0 Å². The number of esters is 2. The molecule has 0 rings (SSSR count). The Bertz CT molecular complexity index is 483. The smallest absolute Gasteiger partial charge is 0.305 e. The van der Waals surface area contributed by atoms with Crippen LogP contribution in [0, 0.1) is 11.8 Å². The highest BCUT2D eigenvalue weighted by Gasteiger charge is 2.07. The molecule has 0 aliphatic carbocycles. The van der Waals surface area contributed by atoms with Crippen LogP contribution in [0.1, 0.15) is 188 Å². The minimum Gasteiger partial charge on any atom is -0.466 e. The van der Waals surface area contributed by atoms with Crippen molar-refractivity contribution < 1.29 is 19.1 Å². The highest BCUT2D eigenvalue weighted by Crippen LogP contribution is 2.15. The van der Waals surface area contributed by atoms with Crippen molar-refractivity contribution >= 4 is 11.9 Å². The first-order chi connectivity index (χ1) is 18.9. The predicted octanol–water partition coefficient (Wildman–Crippen LogP) is 11.1. The molecule has 0 aliphatic rings. The van der Waals surface area contributed by atoms with Gasteiger partial charge in [-0.15, -0.1) is 0 Å². The van der Waals surface area contributed by atoms with E-state index in [9.17, 15) is 9.59 Å². The van der Waals surface area contributed by atoms with Gasteiger partial charge in [0.2, 0.25) is 0 Å². The SMILES string of the molecule is CC(C)CCCCCCCCCCCCOC(=O)CCCC(=O)OCCCCCCCCCCCCC(C)C. The van der Waals surface area contributed by atoms with Crippen molar-refractivity contribution in [1.82, 2.24) is 0 Å². The van der Waals surface area contributed by atoms with E-state index in [0.29, 0.717) is 32.5 Å².